The minimum absolute atomic E-state index is 0.187. The lowest BCUT2D eigenvalue weighted by Crippen LogP contribution is -2.00. The summed E-state index contributed by atoms with van der Waals surface area (Å²) in [5, 5.41) is 0.572. The van der Waals surface area contributed by atoms with Crippen LogP contribution in [0.3, 0.4) is 0 Å². The van der Waals surface area contributed by atoms with E-state index in [-0.39, 0.29) is 5.97 Å². The molecule has 1 aromatic heterocycles. The monoisotopic (exact) mass is 232 g/mol. The van der Waals surface area contributed by atoms with E-state index in [1.54, 1.807) is 11.8 Å². The van der Waals surface area contributed by atoms with Gasteiger partial charge >= 0.3 is 5.97 Å². The van der Waals surface area contributed by atoms with Crippen LogP contribution in [0.2, 0.25) is 0 Å². The van der Waals surface area contributed by atoms with Crippen LogP contribution in [0.1, 0.15) is 12.1 Å². The van der Waals surface area contributed by atoms with Crippen LogP contribution in [-0.4, -0.2) is 23.8 Å². The summed E-state index contributed by atoms with van der Waals surface area (Å²) in [4.78, 5) is 14.9. The van der Waals surface area contributed by atoms with Gasteiger partial charge in [-0.05, 0) is 6.92 Å². The fraction of sp³-hybridized carbons (Fsp3) is 0.500. The number of thioether (sulfide) groups is 1. The van der Waals surface area contributed by atoms with E-state index in [2.05, 4.69) is 9.72 Å². The second kappa shape index (κ2) is 5.21. The quantitative estimate of drug-likeness (QED) is 0.632. The normalized spacial score (nSPS) is 10.1. The first-order chi connectivity index (χ1) is 6.63. The fourth-order valence-corrected chi connectivity index (χ4v) is 2.88. The molecule has 1 heterocycles. The zero-order chi connectivity index (χ0) is 10.6. The van der Waals surface area contributed by atoms with Gasteiger partial charge < -0.3 is 10.5 Å². The molecule has 0 aliphatic carbocycles. The topological polar surface area (TPSA) is 65.2 Å². The Morgan fingerprint density at radius 3 is 2.93 bits per heavy atom. The molecule has 14 heavy (non-hydrogen) atoms. The molecule has 0 fully saturated rings. The Morgan fingerprint density at radius 2 is 2.43 bits per heavy atom. The Morgan fingerprint density at radius 1 is 1.71 bits per heavy atom. The number of carbonyl (C=O) groups is 1. The van der Waals surface area contributed by atoms with Gasteiger partial charge in [-0.3, -0.25) is 4.79 Å². The Kier molecular flexibility index (Phi) is 4.21. The SMILES string of the molecule is COC(=O)CCSc1sc(N)nc1C. The third kappa shape index (κ3) is 3.19. The van der Waals surface area contributed by atoms with Crippen molar-refractivity contribution in [3.63, 3.8) is 0 Å². The number of nitrogens with two attached hydrogens (primary N) is 1. The maximum Gasteiger partial charge on any atom is 0.306 e. The number of thiazole rings is 1. The van der Waals surface area contributed by atoms with E-state index in [0.717, 1.165) is 9.90 Å². The van der Waals surface area contributed by atoms with Crippen LogP contribution in [0.5, 0.6) is 0 Å². The number of hydrogen-bond donors (Lipinski definition) is 1. The molecule has 0 aromatic carbocycles. The first-order valence-corrected chi connectivity index (χ1v) is 5.86. The van der Waals surface area contributed by atoms with Gasteiger partial charge in [-0.2, -0.15) is 0 Å². The van der Waals surface area contributed by atoms with Gasteiger partial charge in [0, 0.05) is 5.75 Å². The van der Waals surface area contributed by atoms with Crippen molar-refractivity contribution < 1.29 is 9.53 Å². The van der Waals surface area contributed by atoms with Crippen molar-refractivity contribution >= 4 is 34.2 Å². The number of anilines is 1. The maximum atomic E-state index is 10.8. The molecule has 4 nitrogen and oxygen atoms in total. The number of rotatable bonds is 4. The van der Waals surface area contributed by atoms with Crippen LogP contribution in [0, 0.1) is 6.92 Å². The molecule has 0 aliphatic heterocycles. The predicted molar refractivity (Wildman–Crippen MR) is 58.6 cm³/mol. The van der Waals surface area contributed by atoms with Gasteiger partial charge in [-0.15, -0.1) is 11.8 Å². The molecule has 0 saturated carbocycles. The van der Waals surface area contributed by atoms with Crippen LogP contribution in [0.15, 0.2) is 4.21 Å². The van der Waals surface area contributed by atoms with Gasteiger partial charge in [0.1, 0.15) is 0 Å². The molecule has 0 aliphatic rings. The lowest BCUT2D eigenvalue weighted by Gasteiger charge is -1.98. The van der Waals surface area contributed by atoms with Crippen molar-refractivity contribution in [2.75, 3.05) is 18.6 Å². The molecular weight excluding hydrogens is 220 g/mol. The van der Waals surface area contributed by atoms with Crippen LogP contribution >= 0.6 is 23.1 Å². The van der Waals surface area contributed by atoms with Gasteiger partial charge in [-0.25, -0.2) is 4.98 Å². The van der Waals surface area contributed by atoms with Crippen molar-refractivity contribution in [1.82, 2.24) is 4.98 Å². The van der Waals surface area contributed by atoms with Crippen molar-refractivity contribution in [3.8, 4) is 0 Å². The Hall–Kier alpha value is -0.750. The molecule has 0 amide bonds. The summed E-state index contributed by atoms with van der Waals surface area (Å²) in [6, 6.07) is 0. The number of nitrogen functional groups attached to an aromatic ring is 1. The summed E-state index contributed by atoms with van der Waals surface area (Å²) >= 11 is 3.04. The van der Waals surface area contributed by atoms with Crippen molar-refractivity contribution in [2.45, 2.75) is 17.6 Å². The van der Waals surface area contributed by atoms with Crippen molar-refractivity contribution in [1.29, 1.82) is 0 Å². The molecule has 6 heteroatoms. The number of esters is 1. The molecule has 78 valence electrons. The Balaban J connectivity index is 2.38. The number of ether oxygens (including phenoxy) is 1. The average Bonchev–Trinajstić information content (AvgIpc) is 2.45. The third-order valence-corrected chi connectivity index (χ3v) is 3.89. The molecule has 0 bridgehead atoms. The Bertz CT molecular complexity index is 325. The minimum Gasteiger partial charge on any atom is -0.469 e. The number of hydrogen-bond acceptors (Lipinski definition) is 6. The lowest BCUT2D eigenvalue weighted by atomic mass is 10.5. The summed E-state index contributed by atoms with van der Waals surface area (Å²) in [6.07, 6.45) is 0.415. The van der Waals surface area contributed by atoms with E-state index in [1.807, 2.05) is 6.92 Å². The molecule has 1 aromatic rings. The molecule has 0 radical (unpaired) electrons. The van der Waals surface area contributed by atoms with E-state index in [4.69, 9.17) is 5.73 Å². The van der Waals surface area contributed by atoms with E-state index in [0.29, 0.717) is 17.3 Å². The fourth-order valence-electron chi connectivity index (χ4n) is 0.866. The number of carbonyl (C=O) groups excluding carboxylic acids is 1. The van der Waals surface area contributed by atoms with E-state index in [9.17, 15) is 4.79 Å². The van der Waals surface area contributed by atoms with Crippen LogP contribution < -0.4 is 5.73 Å². The molecule has 2 N–H and O–H groups in total. The van der Waals surface area contributed by atoms with Crippen LogP contribution in [0.4, 0.5) is 5.13 Å². The largest absolute Gasteiger partial charge is 0.469 e. The minimum atomic E-state index is -0.187. The molecule has 0 atom stereocenters. The average molecular weight is 232 g/mol. The molecule has 0 saturated heterocycles. The van der Waals surface area contributed by atoms with E-state index < -0.39 is 0 Å². The highest BCUT2D eigenvalue weighted by Gasteiger charge is 2.07. The summed E-state index contributed by atoms with van der Waals surface area (Å²) in [5.41, 5.74) is 6.47. The smallest absolute Gasteiger partial charge is 0.306 e. The molecule has 0 spiro atoms. The first-order valence-electron chi connectivity index (χ1n) is 4.06. The van der Waals surface area contributed by atoms with Crippen LogP contribution in [0.25, 0.3) is 0 Å². The molecule has 1 rings (SSSR count). The number of nitrogens with zero attached hydrogens (tertiary/aromatic N) is 1. The van der Waals surface area contributed by atoms with Gasteiger partial charge in [0.15, 0.2) is 5.13 Å². The third-order valence-electron chi connectivity index (χ3n) is 1.54. The number of aryl methyl sites for hydroxylation is 1. The molecule has 0 unspecified atom stereocenters. The van der Waals surface area contributed by atoms with Gasteiger partial charge in [0.25, 0.3) is 0 Å². The highest BCUT2D eigenvalue weighted by molar-refractivity contribution is 8.01. The van der Waals surface area contributed by atoms with Gasteiger partial charge in [-0.1, -0.05) is 11.3 Å². The second-order valence-electron chi connectivity index (χ2n) is 2.60. The zero-order valence-electron chi connectivity index (χ0n) is 8.07. The number of methoxy groups -OCH3 is 1. The Labute approximate surface area is 90.9 Å². The van der Waals surface area contributed by atoms with Crippen LogP contribution in [-0.2, 0) is 9.53 Å². The van der Waals surface area contributed by atoms with Crippen molar-refractivity contribution in [2.24, 2.45) is 0 Å². The van der Waals surface area contributed by atoms with E-state index in [1.165, 1.54) is 18.4 Å². The van der Waals surface area contributed by atoms with Gasteiger partial charge in [0.05, 0.1) is 23.4 Å². The maximum absolute atomic E-state index is 10.8. The zero-order valence-corrected chi connectivity index (χ0v) is 9.70. The summed E-state index contributed by atoms with van der Waals surface area (Å²) < 4.78 is 5.61. The summed E-state index contributed by atoms with van der Waals surface area (Å²) in [7, 11) is 1.39. The highest BCUT2D eigenvalue weighted by atomic mass is 32.2. The summed E-state index contributed by atoms with van der Waals surface area (Å²) in [5.74, 6) is 0.516. The van der Waals surface area contributed by atoms with E-state index >= 15 is 0 Å². The first kappa shape index (κ1) is 11.3. The standard InChI is InChI=1S/C8H12N2O2S2/c1-5-7(14-8(9)10-5)13-4-3-6(11)12-2/h3-4H2,1-2H3,(H2,9,10). The predicted octanol–water partition coefficient (Wildman–Crippen LogP) is 1.69. The summed E-state index contributed by atoms with van der Waals surface area (Å²) in [6.45, 7) is 1.91. The number of aromatic nitrogens is 1. The highest BCUT2D eigenvalue weighted by Crippen LogP contribution is 2.30. The molecular formula is C8H12N2O2S2. The van der Waals surface area contributed by atoms with Gasteiger partial charge in [0.2, 0.25) is 0 Å². The second-order valence-corrected chi connectivity index (χ2v) is 4.99. The van der Waals surface area contributed by atoms with Crippen molar-refractivity contribution in [3.05, 3.63) is 5.69 Å². The lowest BCUT2D eigenvalue weighted by molar-refractivity contribution is -0.140.